The largest absolute Gasteiger partial charge is 0.301 e. The average Bonchev–Trinajstić information content (AvgIpc) is 2.80. The summed E-state index contributed by atoms with van der Waals surface area (Å²) < 4.78 is 12.8. The molecule has 1 amide bonds. The number of amides is 1. The normalized spacial score (nSPS) is 14.2. The summed E-state index contributed by atoms with van der Waals surface area (Å²) in [6.07, 6.45) is 0.911. The summed E-state index contributed by atoms with van der Waals surface area (Å²) >= 11 is 1.51. The number of rotatable bonds is 2. The predicted molar refractivity (Wildman–Crippen MR) is 83.8 cm³/mol. The summed E-state index contributed by atoms with van der Waals surface area (Å²) in [5.41, 5.74) is 1.50. The van der Waals surface area contributed by atoms with E-state index >= 15 is 0 Å². The van der Waals surface area contributed by atoms with Crippen molar-refractivity contribution in [1.82, 2.24) is 9.88 Å². The van der Waals surface area contributed by atoms with Crippen molar-refractivity contribution in [2.75, 3.05) is 18.9 Å². The van der Waals surface area contributed by atoms with Crippen LogP contribution in [0.2, 0.25) is 0 Å². The van der Waals surface area contributed by atoms with E-state index in [1.54, 1.807) is 0 Å². The quantitative estimate of drug-likeness (QED) is 0.922. The molecule has 7 heteroatoms. The summed E-state index contributed by atoms with van der Waals surface area (Å²) in [4.78, 5) is 19.9. The van der Waals surface area contributed by atoms with E-state index in [0.717, 1.165) is 25.2 Å². The molecule has 112 valence electrons. The van der Waals surface area contributed by atoms with Gasteiger partial charge in [0.15, 0.2) is 5.13 Å². The molecule has 2 aromatic rings. The highest BCUT2D eigenvalue weighted by molar-refractivity contribution is 7.15. The smallest absolute Gasteiger partial charge is 0.257 e. The molecule has 0 spiro atoms. The van der Waals surface area contributed by atoms with E-state index < -0.39 is 0 Å². The number of halogens is 2. The lowest BCUT2D eigenvalue weighted by Crippen LogP contribution is -2.25. The molecule has 21 heavy (non-hydrogen) atoms. The number of anilines is 1. The third-order valence-corrected chi connectivity index (χ3v) is 4.25. The summed E-state index contributed by atoms with van der Waals surface area (Å²) in [5, 5.41) is 3.39. The molecule has 1 aromatic carbocycles. The van der Waals surface area contributed by atoms with Gasteiger partial charge in [-0.2, -0.15) is 0 Å². The number of hydrogen-bond acceptors (Lipinski definition) is 4. The Labute approximate surface area is 132 Å². The number of thiazole rings is 1. The molecule has 0 unspecified atom stereocenters. The van der Waals surface area contributed by atoms with Crippen LogP contribution >= 0.6 is 23.7 Å². The summed E-state index contributed by atoms with van der Waals surface area (Å²) in [7, 11) is 2.07. The van der Waals surface area contributed by atoms with Crippen molar-refractivity contribution in [2.24, 2.45) is 0 Å². The van der Waals surface area contributed by atoms with Crippen LogP contribution in [0.5, 0.6) is 0 Å². The molecule has 4 nitrogen and oxygen atoms in total. The molecule has 0 atom stereocenters. The Bertz CT molecular complexity index is 644. The van der Waals surface area contributed by atoms with Crippen LogP contribution in [0.4, 0.5) is 9.52 Å². The zero-order chi connectivity index (χ0) is 14.1. The van der Waals surface area contributed by atoms with Crippen molar-refractivity contribution in [3.05, 3.63) is 46.2 Å². The van der Waals surface area contributed by atoms with Crippen LogP contribution in [0.3, 0.4) is 0 Å². The molecule has 0 bridgehead atoms. The van der Waals surface area contributed by atoms with E-state index in [2.05, 4.69) is 22.2 Å². The lowest BCUT2D eigenvalue weighted by atomic mass is 10.2. The zero-order valence-corrected chi connectivity index (χ0v) is 13.1. The number of aromatic nitrogens is 1. The molecule has 0 saturated heterocycles. The highest BCUT2D eigenvalue weighted by Gasteiger charge is 2.19. The second-order valence-corrected chi connectivity index (χ2v) is 5.92. The van der Waals surface area contributed by atoms with Crippen LogP contribution in [0.1, 0.15) is 20.9 Å². The Morgan fingerprint density at radius 1 is 1.38 bits per heavy atom. The van der Waals surface area contributed by atoms with Gasteiger partial charge in [0, 0.05) is 30.0 Å². The summed E-state index contributed by atoms with van der Waals surface area (Å²) in [6, 6.07) is 5.48. The van der Waals surface area contributed by atoms with Crippen LogP contribution in [0.15, 0.2) is 24.3 Å². The molecule has 0 saturated carbocycles. The first kappa shape index (κ1) is 15.9. The van der Waals surface area contributed by atoms with Gasteiger partial charge in [-0.15, -0.1) is 23.7 Å². The third-order valence-electron chi connectivity index (χ3n) is 3.25. The molecule has 2 heterocycles. The van der Waals surface area contributed by atoms with Crippen LogP contribution in [-0.4, -0.2) is 29.4 Å². The topological polar surface area (TPSA) is 45.2 Å². The van der Waals surface area contributed by atoms with Crippen LogP contribution in [-0.2, 0) is 13.0 Å². The monoisotopic (exact) mass is 327 g/mol. The molecule has 0 aliphatic carbocycles. The summed E-state index contributed by atoms with van der Waals surface area (Å²) in [5.74, 6) is -0.612. The Morgan fingerprint density at radius 2 is 2.10 bits per heavy atom. The minimum atomic E-state index is -0.353. The fourth-order valence-corrected chi connectivity index (χ4v) is 3.23. The standard InChI is InChI=1S/C14H14FN3OS.ClH/c1-18-7-6-11-12(8-18)20-14(16-11)17-13(19)9-2-4-10(15)5-3-9;/h2-5H,6-8H2,1H3,(H,16,17,19);1H. The number of carbonyl (C=O) groups is 1. The van der Waals surface area contributed by atoms with Gasteiger partial charge >= 0.3 is 0 Å². The van der Waals surface area contributed by atoms with Crippen molar-refractivity contribution in [3.63, 3.8) is 0 Å². The molecule has 0 fully saturated rings. The Balaban J connectivity index is 0.00000161. The number of nitrogens with one attached hydrogen (secondary N) is 1. The maximum Gasteiger partial charge on any atom is 0.257 e. The SMILES string of the molecule is CN1CCc2nc(NC(=O)c3ccc(F)cc3)sc2C1.Cl. The molecule has 1 aliphatic heterocycles. The molecule has 1 aliphatic rings. The minimum Gasteiger partial charge on any atom is -0.301 e. The Hall–Kier alpha value is -1.50. The number of fused-ring (bicyclic) bond motifs is 1. The second-order valence-electron chi connectivity index (χ2n) is 4.84. The van der Waals surface area contributed by atoms with Crippen molar-refractivity contribution in [2.45, 2.75) is 13.0 Å². The van der Waals surface area contributed by atoms with Gasteiger partial charge in [0.2, 0.25) is 0 Å². The number of likely N-dealkylation sites (N-methyl/N-ethyl adjacent to an activating group) is 1. The van der Waals surface area contributed by atoms with Gasteiger partial charge in [-0.25, -0.2) is 9.37 Å². The first-order chi connectivity index (χ1) is 9.61. The van der Waals surface area contributed by atoms with Gasteiger partial charge in [-0.3, -0.25) is 10.1 Å². The van der Waals surface area contributed by atoms with Gasteiger partial charge in [-0.1, -0.05) is 0 Å². The highest BCUT2D eigenvalue weighted by atomic mass is 35.5. The van der Waals surface area contributed by atoms with E-state index in [4.69, 9.17) is 0 Å². The van der Waals surface area contributed by atoms with Gasteiger partial charge in [0.05, 0.1) is 5.69 Å². The molecule has 0 radical (unpaired) electrons. The van der Waals surface area contributed by atoms with Crippen molar-refractivity contribution in [1.29, 1.82) is 0 Å². The van der Waals surface area contributed by atoms with E-state index in [9.17, 15) is 9.18 Å². The first-order valence-electron chi connectivity index (χ1n) is 6.36. The Kier molecular flexibility index (Phi) is 4.92. The van der Waals surface area contributed by atoms with E-state index in [1.165, 1.54) is 40.5 Å². The molecule has 1 aromatic heterocycles. The fraction of sp³-hybridized carbons (Fsp3) is 0.286. The first-order valence-corrected chi connectivity index (χ1v) is 7.17. The van der Waals surface area contributed by atoms with Crippen LogP contribution < -0.4 is 5.32 Å². The number of nitrogens with zero attached hydrogens (tertiary/aromatic N) is 2. The van der Waals surface area contributed by atoms with Gasteiger partial charge in [0.1, 0.15) is 5.82 Å². The Morgan fingerprint density at radius 3 is 2.81 bits per heavy atom. The van der Waals surface area contributed by atoms with Crippen LogP contribution in [0, 0.1) is 5.82 Å². The van der Waals surface area contributed by atoms with E-state index in [-0.39, 0.29) is 24.1 Å². The maximum absolute atomic E-state index is 12.8. The lowest BCUT2D eigenvalue weighted by molar-refractivity contribution is 0.102. The highest BCUT2D eigenvalue weighted by Crippen LogP contribution is 2.27. The average molecular weight is 328 g/mol. The van der Waals surface area contributed by atoms with Gasteiger partial charge < -0.3 is 4.90 Å². The predicted octanol–water partition coefficient (Wildman–Crippen LogP) is 2.94. The molecular formula is C14H15ClFN3OS. The van der Waals surface area contributed by atoms with Crippen molar-refractivity contribution < 1.29 is 9.18 Å². The fourth-order valence-electron chi connectivity index (χ4n) is 2.15. The third kappa shape index (κ3) is 3.58. The van der Waals surface area contributed by atoms with E-state index in [0.29, 0.717) is 10.7 Å². The van der Waals surface area contributed by atoms with Crippen molar-refractivity contribution >= 4 is 34.8 Å². The number of carbonyl (C=O) groups excluding carboxylic acids is 1. The molecule has 3 rings (SSSR count). The van der Waals surface area contributed by atoms with Gasteiger partial charge in [-0.05, 0) is 31.3 Å². The van der Waals surface area contributed by atoms with E-state index in [1.807, 2.05) is 0 Å². The summed E-state index contributed by atoms with van der Waals surface area (Å²) in [6.45, 7) is 1.86. The minimum absolute atomic E-state index is 0. The molecular weight excluding hydrogens is 313 g/mol. The van der Waals surface area contributed by atoms with Crippen molar-refractivity contribution in [3.8, 4) is 0 Å². The lowest BCUT2D eigenvalue weighted by Gasteiger charge is -2.20. The van der Waals surface area contributed by atoms with Crippen LogP contribution in [0.25, 0.3) is 0 Å². The number of benzene rings is 1. The second kappa shape index (κ2) is 6.51. The number of hydrogen-bond donors (Lipinski definition) is 1. The maximum atomic E-state index is 12.8. The van der Waals surface area contributed by atoms with Gasteiger partial charge in [0.25, 0.3) is 5.91 Å². The molecule has 1 N–H and O–H groups in total. The zero-order valence-electron chi connectivity index (χ0n) is 11.4.